The normalized spacial score (nSPS) is 17.4. The van der Waals surface area contributed by atoms with E-state index in [-0.39, 0.29) is 11.3 Å². The number of ether oxygens (including phenoxy) is 1. The number of nitrogens with one attached hydrogen (secondary N) is 2. The van der Waals surface area contributed by atoms with Crippen molar-refractivity contribution in [1.82, 2.24) is 9.97 Å². The first-order valence-electron chi connectivity index (χ1n) is 10.6. The van der Waals surface area contributed by atoms with Crippen molar-refractivity contribution in [2.24, 2.45) is 0 Å². The van der Waals surface area contributed by atoms with Crippen molar-refractivity contribution >= 4 is 23.4 Å². The minimum absolute atomic E-state index is 0.0715. The summed E-state index contributed by atoms with van der Waals surface area (Å²) in [6.45, 7) is 0. The summed E-state index contributed by atoms with van der Waals surface area (Å²) >= 11 is 1.48. The fraction of sp³-hybridized carbons (Fsp3) is 0.240. The van der Waals surface area contributed by atoms with E-state index >= 15 is 0 Å². The summed E-state index contributed by atoms with van der Waals surface area (Å²) < 4.78 is 5.59. The number of para-hydroxylation sites is 1. The van der Waals surface area contributed by atoms with Crippen molar-refractivity contribution in [3.8, 4) is 5.75 Å². The maximum atomic E-state index is 13.3. The van der Waals surface area contributed by atoms with Gasteiger partial charge in [0.15, 0.2) is 10.9 Å². The van der Waals surface area contributed by atoms with E-state index in [0.29, 0.717) is 40.0 Å². The summed E-state index contributed by atoms with van der Waals surface area (Å²) in [5.74, 6) is 1.44. The van der Waals surface area contributed by atoms with E-state index in [1.807, 2.05) is 54.6 Å². The Labute approximate surface area is 190 Å². The second-order valence-electron chi connectivity index (χ2n) is 7.88. The Balaban J connectivity index is 1.60. The number of anilines is 1. The Bertz CT molecular complexity index is 1270. The summed E-state index contributed by atoms with van der Waals surface area (Å²) in [5.41, 5.74) is 3.71. The first kappa shape index (κ1) is 20.6. The maximum Gasteiger partial charge on any atom is 0.257 e. The quantitative estimate of drug-likeness (QED) is 0.440. The Kier molecular flexibility index (Phi) is 5.57. The minimum Gasteiger partial charge on any atom is -0.496 e. The highest BCUT2D eigenvalue weighted by Crippen LogP contribution is 2.45. The van der Waals surface area contributed by atoms with Gasteiger partial charge in [-0.25, -0.2) is 4.98 Å². The number of carbonyl (C=O) groups is 1. The number of allylic oxidation sites excluding steroid dienone is 2. The smallest absolute Gasteiger partial charge is 0.257 e. The molecule has 2 aromatic carbocycles. The molecule has 1 atom stereocenters. The predicted molar refractivity (Wildman–Crippen MR) is 125 cm³/mol. The van der Waals surface area contributed by atoms with E-state index in [1.54, 1.807) is 7.11 Å². The monoisotopic (exact) mass is 445 g/mol. The van der Waals surface area contributed by atoms with Gasteiger partial charge in [0.2, 0.25) is 0 Å². The lowest BCUT2D eigenvalue weighted by atomic mass is 9.76. The molecule has 1 aliphatic carbocycles. The molecule has 1 aromatic heterocycles. The van der Waals surface area contributed by atoms with Gasteiger partial charge in [-0.1, -0.05) is 60.3 Å². The van der Waals surface area contributed by atoms with Gasteiger partial charge in [-0.15, -0.1) is 0 Å². The molecule has 0 spiro atoms. The van der Waals surface area contributed by atoms with E-state index in [0.717, 1.165) is 29.7 Å². The number of Topliss-reactive ketones (excluding diaryl/α,β-unsaturated/α-hetero) is 1. The molecular weight excluding hydrogens is 422 g/mol. The van der Waals surface area contributed by atoms with Crippen LogP contribution in [0.3, 0.4) is 0 Å². The van der Waals surface area contributed by atoms with Crippen molar-refractivity contribution in [1.29, 1.82) is 0 Å². The van der Waals surface area contributed by atoms with Gasteiger partial charge in [-0.05, 0) is 24.5 Å². The average Bonchev–Trinajstić information content (AvgIpc) is 2.82. The number of hydrogen-bond acceptors (Lipinski definition) is 6. The van der Waals surface area contributed by atoms with Crippen LogP contribution in [0, 0.1) is 0 Å². The van der Waals surface area contributed by atoms with Gasteiger partial charge in [0.05, 0.1) is 18.6 Å². The molecule has 0 unspecified atom stereocenters. The van der Waals surface area contributed by atoms with Crippen LogP contribution < -0.4 is 15.6 Å². The van der Waals surface area contributed by atoms with Crippen molar-refractivity contribution in [2.75, 3.05) is 12.4 Å². The molecule has 5 rings (SSSR count). The van der Waals surface area contributed by atoms with Gasteiger partial charge in [0, 0.05) is 29.0 Å². The second-order valence-corrected chi connectivity index (χ2v) is 8.84. The molecule has 0 saturated carbocycles. The summed E-state index contributed by atoms with van der Waals surface area (Å²) in [6, 6.07) is 17.6. The van der Waals surface area contributed by atoms with E-state index in [1.165, 1.54) is 11.8 Å². The van der Waals surface area contributed by atoms with Crippen molar-refractivity contribution in [3.63, 3.8) is 0 Å². The molecule has 0 fully saturated rings. The summed E-state index contributed by atoms with van der Waals surface area (Å²) in [5, 5.41) is 3.87. The lowest BCUT2D eigenvalue weighted by molar-refractivity contribution is -0.116. The van der Waals surface area contributed by atoms with Crippen LogP contribution in [0.1, 0.15) is 41.9 Å². The molecule has 6 nitrogen and oxygen atoms in total. The van der Waals surface area contributed by atoms with Crippen LogP contribution in [0.4, 0.5) is 5.82 Å². The number of thioether (sulfide) groups is 1. The zero-order valence-corrected chi connectivity index (χ0v) is 18.5. The van der Waals surface area contributed by atoms with E-state index in [4.69, 9.17) is 9.72 Å². The Hall–Kier alpha value is -3.32. The maximum absolute atomic E-state index is 13.3. The molecule has 0 amide bonds. The topological polar surface area (TPSA) is 84.1 Å². The molecule has 2 N–H and O–H groups in total. The first-order chi connectivity index (χ1) is 15.7. The molecule has 0 saturated heterocycles. The van der Waals surface area contributed by atoms with Crippen LogP contribution in [0.25, 0.3) is 0 Å². The van der Waals surface area contributed by atoms with Gasteiger partial charge in [0.25, 0.3) is 5.56 Å². The number of nitrogens with zero attached hydrogens (tertiary/aromatic N) is 1. The minimum atomic E-state index is -0.505. The van der Waals surface area contributed by atoms with Crippen molar-refractivity contribution < 1.29 is 9.53 Å². The lowest BCUT2D eigenvalue weighted by Gasteiger charge is -2.33. The SMILES string of the molecule is COc1ccccc1[C@@H]1C2=C(CCCC2=O)Nc2nc(SCc3ccccc3)[nH]c(=O)c21. The second kappa shape index (κ2) is 8.67. The highest BCUT2D eigenvalue weighted by Gasteiger charge is 2.39. The molecular formula is C25H23N3O3S. The summed E-state index contributed by atoms with van der Waals surface area (Å²) in [7, 11) is 1.60. The van der Waals surface area contributed by atoms with Crippen LogP contribution in [0.5, 0.6) is 5.75 Å². The summed E-state index contributed by atoms with van der Waals surface area (Å²) in [4.78, 5) is 34.0. The zero-order valence-electron chi connectivity index (χ0n) is 17.7. The largest absolute Gasteiger partial charge is 0.496 e. The molecule has 0 bridgehead atoms. The van der Waals surface area contributed by atoms with Gasteiger partial charge in [-0.2, -0.15) is 0 Å². The number of hydrogen-bond donors (Lipinski definition) is 2. The number of fused-ring (bicyclic) bond motifs is 1. The van der Waals surface area contributed by atoms with E-state index in [9.17, 15) is 9.59 Å². The number of aromatic amines is 1. The third kappa shape index (κ3) is 3.73. The van der Waals surface area contributed by atoms with Gasteiger partial charge in [-0.3, -0.25) is 9.59 Å². The first-order valence-corrected chi connectivity index (χ1v) is 11.6. The van der Waals surface area contributed by atoms with E-state index in [2.05, 4.69) is 10.3 Å². The number of H-pyrrole nitrogens is 1. The van der Waals surface area contributed by atoms with E-state index < -0.39 is 5.92 Å². The lowest BCUT2D eigenvalue weighted by Crippen LogP contribution is -2.32. The van der Waals surface area contributed by atoms with Gasteiger partial charge < -0.3 is 15.0 Å². The highest BCUT2D eigenvalue weighted by atomic mass is 32.2. The fourth-order valence-corrected chi connectivity index (χ4v) is 5.27. The van der Waals surface area contributed by atoms with Crippen LogP contribution in [-0.4, -0.2) is 22.9 Å². The molecule has 2 heterocycles. The molecule has 2 aliphatic rings. The summed E-state index contributed by atoms with van der Waals surface area (Å²) in [6.07, 6.45) is 2.03. The van der Waals surface area contributed by atoms with Gasteiger partial charge in [0.1, 0.15) is 11.6 Å². The Morgan fingerprint density at radius 3 is 2.66 bits per heavy atom. The molecule has 32 heavy (non-hydrogen) atoms. The van der Waals surface area contributed by atoms with Crippen LogP contribution >= 0.6 is 11.8 Å². The van der Waals surface area contributed by atoms with Crippen molar-refractivity contribution in [3.05, 3.63) is 92.9 Å². The molecule has 1 aliphatic heterocycles. The van der Waals surface area contributed by atoms with Gasteiger partial charge >= 0.3 is 0 Å². The molecule has 162 valence electrons. The number of benzene rings is 2. The number of methoxy groups -OCH3 is 1. The highest BCUT2D eigenvalue weighted by molar-refractivity contribution is 7.98. The van der Waals surface area contributed by atoms with Crippen LogP contribution in [0.15, 0.2) is 75.8 Å². The third-order valence-electron chi connectivity index (χ3n) is 5.90. The number of carbonyl (C=O) groups excluding carboxylic acids is 1. The van der Waals surface area contributed by atoms with Crippen LogP contribution in [-0.2, 0) is 10.5 Å². The number of rotatable bonds is 5. The molecule has 3 aromatic rings. The predicted octanol–water partition coefficient (Wildman–Crippen LogP) is 4.64. The third-order valence-corrected chi connectivity index (χ3v) is 6.85. The number of aromatic nitrogens is 2. The Morgan fingerprint density at radius 2 is 1.84 bits per heavy atom. The van der Waals surface area contributed by atoms with Crippen LogP contribution in [0.2, 0.25) is 0 Å². The standard InChI is InChI=1S/C25H23N3O3S/c1-31-19-13-6-5-10-16(19)20-21-17(11-7-12-18(21)29)26-23-22(20)24(30)28-25(27-23)32-14-15-8-3-2-4-9-15/h2-6,8-10,13,20H,7,11-12,14H2,1H3,(H2,26,27,28,30)/t20-/m1/s1. The fourth-order valence-electron chi connectivity index (χ4n) is 4.45. The average molecular weight is 446 g/mol. The number of ketones is 1. The molecule has 0 radical (unpaired) electrons. The zero-order chi connectivity index (χ0) is 22.1. The molecule has 7 heteroatoms. The Morgan fingerprint density at radius 1 is 1.06 bits per heavy atom. The van der Waals surface area contributed by atoms with Crippen molar-refractivity contribution in [2.45, 2.75) is 36.1 Å².